The SMILES string of the molecule is C=C/C=C1\CCC(/C=C/C2=[N+](CC)c3ccc(C)cc3C2(C)C)=C1Cl. The third kappa shape index (κ3) is 3.06. The van der Waals surface area contributed by atoms with Crippen LogP contribution in [0.2, 0.25) is 0 Å². The van der Waals surface area contributed by atoms with Gasteiger partial charge < -0.3 is 0 Å². The molecule has 0 bridgehead atoms. The second-order valence-electron chi connectivity index (χ2n) is 7.38. The first-order valence-corrected chi connectivity index (χ1v) is 9.42. The highest BCUT2D eigenvalue weighted by Gasteiger charge is 2.43. The molecule has 1 nitrogen and oxygen atoms in total. The monoisotopic (exact) mass is 352 g/mol. The zero-order valence-corrected chi connectivity index (χ0v) is 16.5. The van der Waals surface area contributed by atoms with Crippen LogP contribution in [0.15, 0.2) is 65.3 Å². The van der Waals surface area contributed by atoms with E-state index in [1.807, 2.05) is 12.2 Å². The van der Waals surface area contributed by atoms with Crippen molar-refractivity contribution < 1.29 is 4.58 Å². The van der Waals surface area contributed by atoms with Crippen molar-refractivity contribution in [2.45, 2.75) is 46.0 Å². The summed E-state index contributed by atoms with van der Waals surface area (Å²) < 4.78 is 2.43. The largest absolute Gasteiger partial charge is 0.209 e. The third-order valence-corrected chi connectivity index (χ3v) is 5.84. The Labute approximate surface area is 156 Å². The Balaban J connectivity index is 2.03. The Morgan fingerprint density at radius 1 is 1.24 bits per heavy atom. The molecule has 130 valence electrons. The Morgan fingerprint density at radius 2 is 2.00 bits per heavy atom. The lowest BCUT2D eigenvalue weighted by atomic mass is 9.81. The Hall–Kier alpha value is -1.86. The van der Waals surface area contributed by atoms with E-state index in [2.05, 4.69) is 69.2 Å². The molecule has 0 amide bonds. The number of allylic oxidation sites excluding steroid dienone is 7. The number of aryl methyl sites for hydroxylation is 1. The van der Waals surface area contributed by atoms with Crippen molar-refractivity contribution in [1.82, 2.24) is 0 Å². The molecular formula is C23H27ClN+. The maximum Gasteiger partial charge on any atom is 0.209 e. The summed E-state index contributed by atoms with van der Waals surface area (Å²) in [5.41, 5.74) is 7.81. The summed E-state index contributed by atoms with van der Waals surface area (Å²) in [5.74, 6) is 0. The molecule has 2 aliphatic rings. The lowest BCUT2D eigenvalue weighted by Crippen LogP contribution is -2.27. The smallest absolute Gasteiger partial charge is 0.195 e. The van der Waals surface area contributed by atoms with Crippen molar-refractivity contribution in [2.24, 2.45) is 0 Å². The van der Waals surface area contributed by atoms with E-state index in [0.29, 0.717) is 0 Å². The fraction of sp³-hybridized carbons (Fsp3) is 0.348. The molecule has 1 heterocycles. The van der Waals surface area contributed by atoms with Crippen molar-refractivity contribution in [3.63, 3.8) is 0 Å². The molecule has 0 aromatic heterocycles. The van der Waals surface area contributed by atoms with Gasteiger partial charge in [-0.05, 0) is 57.7 Å². The van der Waals surface area contributed by atoms with Crippen LogP contribution in [0.5, 0.6) is 0 Å². The number of halogens is 1. The van der Waals surface area contributed by atoms with Crippen LogP contribution in [-0.4, -0.2) is 16.8 Å². The summed E-state index contributed by atoms with van der Waals surface area (Å²) in [5, 5.41) is 0.893. The topological polar surface area (TPSA) is 3.01 Å². The molecule has 1 aromatic carbocycles. The second kappa shape index (κ2) is 6.80. The van der Waals surface area contributed by atoms with Gasteiger partial charge in [-0.3, -0.25) is 0 Å². The van der Waals surface area contributed by atoms with Crippen LogP contribution in [-0.2, 0) is 5.41 Å². The number of benzene rings is 1. The minimum absolute atomic E-state index is 0.000705. The van der Waals surface area contributed by atoms with Gasteiger partial charge in [0.1, 0.15) is 6.54 Å². The standard InChI is InChI=1S/C23H27ClN/c1-6-8-17-10-11-18(22(17)24)12-14-21-23(4,5)19-15-16(3)9-13-20(19)25(21)7-2/h6,8-9,12-15H,1,7,10-11H2,2-5H3/q+1/b14-12+,17-8+. The van der Waals surface area contributed by atoms with Crippen molar-refractivity contribution in [3.05, 3.63) is 76.4 Å². The first kappa shape index (κ1) is 17.9. The van der Waals surface area contributed by atoms with Crippen LogP contribution in [0.1, 0.15) is 44.7 Å². The minimum Gasteiger partial charge on any atom is -0.195 e. The predicted molar refractivity (Wildman–Crippen MR) is 109 cm³/mol. The molecule has 0 unspecified atom stereocenters. The summed E-state index contributed by atoms with van der Waals surface area (Å²) in [6.45, 7) is 13.7. The maximum atomic E-state index is 6.55. The first-order chi connectivity index (χ1) is 11.9. The highest BCUT2D eigenvalue weighted by molar-refractivity contribution is 6.33. The van der Waals surface area contributed by atoms with E-state index in [1.165, 1.54) is 33.7 Å². The van der Waals surface area contributed by atoms with Gasteiger partial charge in [-0.1, -0.05) is 48.0 Å². The van der Waals surface area contributed by atoms with Gasteiger partial charge in [0, 0.05) is 22.7 Å². The van der Waals surface area contributed by atoms with Gasteiger partial charge in [-0.25, -0.2) is 0 Å². The zero-order chi connectivity index (χ0) is 18.2. The highest BCUT2D eigenvalue weighted by atomic mass is 35.5. The molecule has 0 spiro atoms. The fourth-order valence-corrected chi connectivity index (χ4v) is 4.27. The molecule has 0 N–H and O–H groups in total. The van der Waals surface area contributed by atoms with Gasteiger partial charge in [0.15, 0.2) is 5.71 Å². The molecule has 1 aliphatic carbocycles. The maximum absolute atomic E-state index is 6.55. The van der Waals surface area contributed by atoms with Crippen LogP contribution < -0.4 is 0 Å². The first-order valence-electron chi connectivity index (χ1n) is 9.05. The molecular weight excluding hydrogens is 326 g/mol. The molecule has 0 saturated carbocycles. The van der Waals surface area contributed by atoms with E-state index < -0.39 is 0 Å². The van der Waals surface area contributed by atoms with Crippen molar-refractivity contribution in [2.75, 3.05) is 6.54 Å². The van der Waals surface area contributed by atoms with Crippen LogP contribution >= 0.6 is 11.6 Å². The van der Waals surface area contributed by atoms with E-state index in [0.717, 1.165) is 24.4 Å². The Bertz CT molecular complexity index is 847. The average Bonchev–Trinajstić information content (AvgIpc) is 3.02. The summed E-state index contributed by atoms with van der Waals surface area (Å²) in [4.78, 5) is 0. The normalized spacial score (nSPS) is 20.9. The lowest BCUT2D eigenvalue weighted by Gasteiger charge is -2.16. The fourth-order valence-electron chi connectivity index (χ4n) is 3.96. The van der Waals surface area contributed by atoms with E-state index in [9.17, 15) is 0 Å². The van der Waals surface area contributed by atoms with Crippen molar-refractivity contribution >= 4 is 23.0 Å². The van der Waals surface area contributed by atoms with Gasteiger partial charge in [0.25, 0.3) is 0 Å². The molecule has 3 rings (SSSR count). The number of hydrogen-bond donors (Lipinski definition) is 0. The van der Waals surface area contributed by atoms with Gasteiger partial charge in [-0.2, -0.15) is 4.58 Å². The Morgan fingerprint density at radius 3 is 2.68 bits per heavy atom. The van der Waals surface area contributed by atoms with E-state index in [-0.39, 0.29) is 5.41 Å². The molecule has 2 heteroatoms. The number of nitrogens with zero attached hydrogens (tertiary/aromatic N) is 1. The van der Waals surface area contributed by atoms with E-state index >= 15 is 0 Å². The number of rotatable bonds is 4. The average molecular weight is 353 g/mol. The van der Waals surface area contributed by atoms with Gasteiger partial charge >= 0.3 is 0 Å². The number of hydrogen-bond acceptors (Lipinski definition) is 0. The molecule has 0 atom stereocenters. The van der Waals surface area contributed by atoms with Crippen LogP contribution in [0, 0.1) is 6.92 Å². The second-order valence-corrected chi connectivity index (χ2v) is 7.75. The van der Waals surface area contributed by atoms with Gasteiger partial charge in [0.2, 0.25) is 5.69 Å². The van der Waals surface area contributed by atoms with Gasteiger partial charge in [-0.15, -0.1) is 0 Å². The predicted octanol–water partition coefficient (Wildman–Crippen LogP) is 6.35. The van der Waals surface area contributed by atoms with E-state index in [4.69, 9.17) is 11.6 Å². The Kier molecular flexibility index (Phi) is 4.88. The van der Waals surface area contributed by atoms with Crippen molar-refractivity contribution in [1.29, 1.82) is 0 Å². The zero-order valence-electron chi connectivity index (χ0n) is 15.7. The van der Waals surface area contributed by atoms with Crippen LogP contribution in [0.4, 0.5) is 5.69 Å². The highest BCUT2D eigenvalue weighted by Crippen LogP contribution is 2.41. The lowest BCUT2D eigenvalue weighted by molar-refractivity contribution is -0.433. The molecule has 0 radical (unpaired) electrons. The number of fused-ring (bicyclic) bond motifs is 1. The van der Waals surface area contributed by atoms with Crippen molar-refractivity contribution in [3.8, 4) is 0 Å². The summed E-state index contributed by atoms with van der Waals surface area (Å²) in [7, 11) is 0. The van der Waals surface area contributed by atoms with E-state index in [1.54, 1.807) is 0 Å². The van der Waals surface area contributed by atoms with Crippen LogP contribution in [0.3, 0.4) is 0 Å². The molecule has 1 aromatic rings. The van der Waals surface area contributed by atoms with Gasteiger partial charge in [0.05, 0.1) is 5.41 Å². The summed E-state index contributed by atoms with van der Waals surface area (Å²) in [6, 6.07) is 6.78. The summed E-state index contributed by atoms with van der Waals surface area (Å²) >= 11 is 6.55. The minimum atomic E-state index is -0.000705. The third-order valence-electron chi connectivity index (χ3n) is 5.35. The quantitative estimate of drug-likeness (QED) is 0.555. The molecule has 1 aliphatic heterocycles. The summed E-state index contributed by atoms with van der Waals surface area (Å²) in [6.07, 6.45) is 10.3. The molecule has 0 saturated heterocycles. The molecule has 0 fully saturated rings. The van der Waals surface area contributed by atoms with Crippen LogP contribution in [0.25, 0.3) is 0 Å². The molecule has 25 heavy (non-hydrogen) atoms.